The van der Waals surface area contributed by atoms with Crippen LogP contribution in [0.25, 0.3) is 0 Å². The Morgan fingerprint density at radius 3 is 2.57 bits per heavy atom. The Morgan fingerprint density at radius 1 is 1.19 bits per heavy atom. The summed E-state index contributed by atoms with van der Waals surface area (Å²) in [4.78, 5) is 56.9. The number of carbonyl (C=O) groups is 4. The number of nitrogen functional groups attached to an aromatic ring is 1. The predicted octanol–water partition coefficient (Wildman–Crippen LogP) is 4.66. The number of aliphatic hydroxyl groups is 1. The number of anilines is 2. The molecule has 292 valence electrons. The summed E-state index contributed by atoms with van der Waals surface area (Å²) in [5, 5.41) is 12.1. The van der Waals surface area contributed by atoms with E-state index in [-0.39, 0.29) is 24.3 Å². The van der Waals surface area contributed by atoms with Crippen molar-refractivity contribution in [2.24, 2.45) is 5.92 Å². The standard InChI is InChI=1S/C40H50ClN3O10/c1-22-11-9-14-31(51-8)40(49)20-30(52-34(46)21-40)23(2)36-39(4,54-36)32(19-33(45)44(6)28-16-25(15-22)17-29(50-7)35(28)41)53-38(48)24(3)43(5)37(47)26-12-10-13-27(42)18-26/h9-14,16-18,23-24,30-32,36,49H,15,19-21,42H2,1-8H3/b14-9+,22-11+/t23-,24+,30+,31-,32+,36+,39+,40-/m1/s1. The van der Waals surface area contributed by atoms with Gasteiger partial charge in [0.05, 0.1) is 31.7 Å². The minimum Gasteiger partial charge on any atom is -0.495 e. The first kappa shape index (κ1) is 40.7. The Kier molecular flexibility index (Phi) is 12.2. The number of rotatable bonds is 6. The number of benzene rings is 2. The molecule has 3 aliphatic heterocycles. The van der Waals surface area contributed by atoms with E-state index in [4.69, 9.17) is 41.0 Å². The largest absolute Gasteiger partial charge is 0.495 e. The lowest BCUT2D eigenvalue weighted by Crippen LogP contribution is -2.53. The van der Waals surface area contributed by atoms with Crippen LogP contribution in [0.3, 0.4) is 0 Å². The van der Waals surface area contributed by atoms with Gasteiger partial charge in [-0.15, -0.1) is 0 Å². The summed E-state index contributed by atoms with van der Waals surface area (Å²) in [6, 6.07) is 8.92. The molecule has 0 saturated carbocycles. The number of hydrogen-bond acceptors (Lipinski definition) is 11. The fourth-order valence-electron chi connectivity index (χ4n) is 7.31. The van der Waals surface area contributed by atoms with E-state index in [1.165, 1.54) is 44.1 Å². The summed E-state index contributed by atoms with van der Waals surface area (Å²) in [5.41, 5.74) is 5.89. The Morgan fingerprint density at radius 2 is 1.91 bits per heavy atom. The molecule has 2 aromatic carbocycles. The van der Waals surface area contributed by atoms with Gasteiger partial charge >= 0.3 is 11.9 Å². The van der Waals surface area contributed by atoms with Crippen LogP contribution in [-0.4, -0.2) is 104 Å². The van der Waals surface area contributed by atoms with Crippen LogP contribution >= 0.6 is 11.6 Å². The van der Waals surface area contributed by atoms with Gasteiger partial charge in [0.2, 0.25) is 5.91 Å². The number of amides is 2. The second kappa shape index (κ2) is 16.1. The van der Waals surface area contributed by atoms with Crippen LogP contribution in [0, 0.1) is 5.92 Å². The van der Waals surface area contributed by atoms with Gasteiger partial charge < -0.3 is 44.3 Å². The number of ether oxygens (including phenoxy) is 5. The average Bonchev–Trinajstić information content (AvgIpc) is 3.83. The van der Waals surface area contributed by atoms with E-state index < -0.39 is 71.3 Å². The number of nitrogens with zero attached hydrogens (tertiary/aromatic N) is 2. The van der Waals surface area contributed by atoms with Crippen LogP contribution in [0.1, 0.15) is 62.9 Å². The van der Waals surface area contributed by atoms with Crippen molar-refractivity contribution in [3.05, 3.63) is 76.3 Å². The van der Waals surface area contributed by atoms with Gasteiger partial charge in [-0.1, -0.05) is 48.4 Å². The SMILES string of the molecule is COc1cc2cc(c1Cl)N(C)C(=O)C[C@H](OC(=O)[C@H](C)N(C)C(=O)c1cccc(N)c1)[C@]1(C)O[C@H]1[C@H](C)[C@@H]1C[C@@](O)(CC(=O)O1)[C@H](OC)/C=C/C=C(\C)C2. The molecule has 5 rings (SSSR count). The summed E-state index contributed by atoms with van der Waals surface area (Å²) >= 11 is 6.77. The molecule has 0 radical (unpaired) electrons. The van der Waals surface area contributed by atoms with Gasteiger partial charge in [0, 0.05) is 44.8 Å². The maximum atomic E-state index is 14.2. The van der Waals surface area contributed by atoms with E-state index in [0.29, 0.717) is 29.1 Å². The van der Waals surface area contributed by atoms with Crippen LogP contribution in [-0.2, 0) is 39.8 Å². The summed E-state index contributed by atoms with van der Waals surface area (Å²) < 4.78 is 29.4. The molecule has 8 atom stereocenters. The molecular formula is C40H50ClN3O10. The zero-order valence-electron chi connectivity index (χ0n) is 32.0. The first-order chi connectivity index (χ1) is 25.4. The number of hydrogen-bond donors (Lipinski definition) is 2. The van der Waals surface area contributed by atoms with Crippen LogP contribution in [0.4, 0.5) is 11.4 Å². The maximum absolute atomic E-state index is 14.2. The number of carbonyl (C=O) groups excluding carboxylic acids is 4. The lowest BCUT2D eigenvalue weighted by Gasteiger charge is -2.41. The van der Waals surface area contributed by atoms with Gasteiger partial charge in [-0.25, -0.2) is 4.79 Å². The van der Waals surface area contributed by atoms with Crippen molar-refractivity contribution in [2.45, 2.75) is 95.0 Å². The minimum absolute atomic E-state index is 0.0472. The topological polar surface area (TPSA) is 170 Å². The summed E-state index contributed by atoms with van der Waals surface area (Å²) in [6.07, 6.45) is 1.82. The number of nitrogens with two attached hydrogens (primary N) is 1. The third kappa shape index (κ3) is 8.44. The Bertz CT molecular complexity index is 1850. The van der Waals surface area contributed by atoms with E-state index in [2.05, 4.69) is 0 Å². The van der Waals surface area contributed by atoms with E-state index in [1.807, 2.05) is 19.9 Å². The molecule has 0 unspecified atom stereocenters. The monoisotopic (exact) mass is 767 g/mol. The van der Waals surface area contributed by atoms with Gasteiger partial charge in [0.15, 0.2) is 0 Å². The second-order valence-electron chi connectivity index (χ2n) is 14.8. The van der Waals surface area contributed by atoms with Gasteiger partial charge in [-0.3, -0.25) is 14.4 Å². The lowest BCUT2D eigenvalue weighted by molar-refractivity contribution is -0.187. The molecule has 3 heterocycles. The van der Waals surface area contributed by atoms with Crippen molar-refractivity contribution < 1.29 is 48.0 Å². The third-order valence-electron chi connectivity index (χ3n) is 10.8. The molecular weight excluding hydrogens is 718 g/mol. The van der Waals surface area contributed by atoms with Crippen LogP contribution in [0.2, 0.25) is 5.02 Å². The number of likely N-dealkylation sites (N-methyl/N-ethyl adjacent to an activating group) is 1. The maximum Gasteiger partial charge on any atom is 0.328 e. The van der Waals surface area contributed by atoms with E-state index in [0.717, 1.165) is 11.1 Å². The van der Waals surface area contributed by atoms with Crippen LogP contribution in [0.5, 0.6) is 5.75 Å². The highest BCUT2D eigenvalue weighted by molar-refractivity contribution is 6.35. The fraction of sp³-hybridized carbons (Fsp3) is 0.500. The van der Waals surface area contributed by atoms with Crippen molar-refractivity contribution in [2.75, 3.05) is 38.9 Å². The van der Waals surface area contributed by atoms with E-state index in [9.17, 15) is 24.3 Å². The average molecular weight is 768 g/mol. The van der Waals surface area contributed by atoms with E-state index >= 15 is 0 Å². The first-order valence-corrected chi connectivity index (χ1v) is 18.2. The number of methoxy groups -OCH3 is 2. The molecule has 14 heteroatoms. The molecule has 2 saturated heterocycles. The zero-order valence-corrected chi connectivity index (χ0v) is 32.7. The highest BCUT2D eigenvalue weighted by atomic mass is 35.5. The van der Waals surface area contributed by atoms with Crippen LogP contribution < -0.4 is 15.4 Å². The number of esters is 2. The first-order valence-electron chi connectivity index (χ1n) is 17.8. The minimum atomic E-state index is -1.59. The van der Waals surface area contributed by atoms with Crippen LogP contribution in [0.15, 0.2) is 60.2 Å². The predicted molar refractivity (Wildman–Crippen MR) is 202 cm³/mol. The van der Waals surface area contributed by atoms with E-state index in [1.54, 1.807) is 56.5 Å². The Labute approximate surface area is 320 Å². The second-order valence-corrected chi connectivity index (χ2v) is 15.1. The third-order valence-corrected chi connectivity index (χ3v) is 11.2. The highest BCUT2D eigenvalue weighted by Crippen LogP contribution is 2.50. The molecule has 13 nitrogen and oxygen atoms in total. The molecule has 2 aromatic rings. The Balaban J connectivity index is 1.53. The quantitative estimate of drug-likeness (QED) is 0.238. The fourth-order valence-corrected chi connectivity index (χ4v) is 7.62. The van der Waals surface area contributed by atoms with Crippen molar-refractivity contribution >= 4 is 46.7 Å². The van der Waals surface area contributed by atoms with Gasteiger partial charge in [0.25, 0.3) is 5.91 Å². The normalized spacial score (nSPS) is 30.9. The summed E-state index contributed by atoms with van der Waals surface area (Å²) in [7, 11) is 6.00. The van der Waals surface area contributed by atoms with Gasteiger partial charge in [0.1, 0.15) is 46.3 Å². The molecule has 2 fully saturated rings. The van der Waals surface area contributed by atoms with Crippen molar-refractivity contribution in [1.29, 1.82) is 0 Å². The molecule has 0 aliphatic carbocycles. The molecule has 0 aromatic heterocycles. The molecule has 3 aliphatic rings. The molecule has 2 amide bonds. The smallest absolute Gasteiger partial charge is 0.328 e. The van der Waals surface area contributed by atoms with Gasteiger partial charge in [-0.2, -0.15) is 0 Å². The molecule has 4 bridgehead atoms. The lowest BCUT2D eigenvalue weighted by atomic mass is 9.78. The number of halogens is 1. The zero-order chi connectivity index (χ0) is 39.7. The molecule has 0 spiro atoms. The Hall–Kier alpha value is -4.43. The summed E-state index contributed by atoms with van der Waals surface area (Å²) in [5.74, 6) is -2.40. The van der Waals surface area contributed by atoms with Crippen molar-refractivity contribution in [3.8, 4) is 5.75 Å². The number of fused-ring (bicyclic) bond motifs is 5. The number of epoxide rings is 1. The highest BCUT2D eigenvalue weighted by Gasteiger charge is 2.64. The van der Waals surface area contributed by atoms with Crippen molar-refractivity contribution in [3.63, 3.8) is 0 Å². The van der Waals surface area contributed by atoms with Crippen molar-refractivity contribution in [1.82, 2.24) is 4.90 Å². The summed E-state index contributed by atoms with van der Waals surface area (Å²) in [6.45, 7) is 6.99. The molecule has 54 heavy (non-hydrogen) atoms. The van der Waals surface area contributed by atoms with Gasteiger partial charge in [-0.05, 0) is 63.1 Å². The molecule has 3 N–H and O–H groups in total. The number of allylic oxidation sites excluding steroid dienone is 3.